The molecule has 30 heavy (non-hydrogen) atoms. The van der Waals surface area contributed by atoms with E-state index in [1.54, 1.807) is 16.7 Å². The summed E-state index contributed by atoms with van der Waals surface area (Å²) in [6.45, 7) is 4.91. The lowest BCUT2D eigenvalue weighted by Crippen LogP contribution is -2.24. The first-order valence-electron chi connectivity index (χ1n) is 9.72. The summed E-state index contributed by atoms with van der Waals surface area (Å²) in [4.78, 5) is 17.8. The zero-order valence-corrected chi connectivity index (χ0v) is 18.3. The molecule has 0 aliphatic heterocycles. The second kappa shape index (κ2) is 9.02. The van der Waals surface area contributed by atoms with Crippen molar-refractivity contribution in [2.75, 3.05) is 0 Å². The quantitative estimate of drug-likeness (QED) is 0.281. The third-order valence-electron chi connectivity index (χ3n) is 4.64. The van der Waals surface area contributed by atoms with Crippen LogP contribution in [0.3, 0.4) is 0 Å². The number of nitrogens with zero attached hydrogens (tertiary/aromatic N) is 4. The summed E-state index contributed by atoms with van der Waals surface area (Å²) in [5.74, 6) is 1.82. The van der Waals surface area contributed by atoms with Gasteiger partial charge >= 0.3 is 0 Å². The van der Waals surface area contributed by atoms with Crippen LogP contribution in [0, 0.1) is 5.92 Å². The highest BCUT2D eigenvalue weighted by molar-refractivity contribution is 7.98. The van der Waals surface area contributed by atoms with Crippen LogP contribution in [0.25, 0.3) is 22.4 Å². The number of para-hydroxylation sites is 1. The van der Waals surface area contributed by atoms with Crippen LogP contribution in [-0.2, 0) is 12.3 Å². The van der Waals surface area contributed by atoms with Gasteiger partial charge < -0.3 is 4.42 Å². The van der Waals surface area contributed by atoms with Crippen molar-refractivity contribution in [2.45, 2.75) is 37.7 Å². The molecule has 0 N–H and O–H groups in total. The average Bonchev–Trinajstić information content (AvgIpc) is 3.21. The molecule has 2 heterocycles. The first kappa shape index (κ1) is 20.6. The van der Waals surface area contributed by atoms with Gasteiger partial charge in [0.1, 0.15) is 0 Å². The zero-order valence-electron chi connectivity index (χ0n) is 16.7. The Morgan fingerprint density at radius 2 is 1.87 bits per heavy atom. The highest BCUT2D eigenvalue weighted by atomic mass is 35.5. The lowest BCUT2D eigenvalue weighted by atomic mass is 10.1. The SMILES string of the molecule is CC(C)CCn1c(SCc2nnc(-c3ccc(Cl)cc3)o2)nc2ccccc2c1=O. The molecule has 0 saturated carbocycles. The zero-order chi connectivity index (χ0) is 21.1. The van der Waals surface area contributed by atoms with Crippen molar-refractivity contribution >= 4 is 34.3 Å². The van der Waals surface area contributed by atoms with Crippen molar-refractivity contribution in [3.05, 3.63) is 69.8 Å². The minimum atomic E-state index is -0.0175. The maximum atomic E-state index is 13.0. The lowest BCUT2D eigenvalue weighted by Gasteiger charge is -2.13. The molecule has 0 saturated heterocycles. The Kier molecular flexibility index (Phi) is 6.20. The summed E-state index contributed by atoms with van der Waals surface area (Å²) >= 11 is 7.36. The van der Waals surface area contributed by atoms with Gasteiger partial charge in [-0.05, 0) is 48.7 Å². The van der Waals surface area contributed by atoms with Crippen LogP contribution in [0.1, 0.15) is 26.2 Å². The first-order chi connectivity index (χ1) is 14.5. The van der Waals surface area contributed by atoms with Crippen molar-refractivity contribution in [1.82, 2.24) is 19.7 Å². The van der Waals surface area contributed by atoms with Crippen LogP contribution in [-0.4, -0.2) is 19.7 Å². The normalized spacial score (nSPS) is 11.5. The van der Waals surface area contributed by atoms with Crippen molar-refractivity contribution in [2.24, 2.45) is 5.92 Å². The van der Waals surface area contributed by atoms with Gasteiger partial charge in [-0.3, -0.25) is 9.36 Å². The molecule has 2 aromatic heterocycles. The molecule has 154 valence electrons. The Morgan fingerprint density at radius 3 is 2.63 bits per heavy atom. The van der Waals surface area contributed by atoms with Gasteiger partial charge in [-0.25, -0.2) is 4.98 Å². The summed E-state index contributed by atoms with van der Waals surface area (Å²) in [5.41, 5.74) is 1.48. The number of halogens is 1. The van der Waals surface area contributed by atoms with E-state index in [4.69, 9.17) is 21.0 Å². The topological polar surface area (TPSA) is 73.8 Å². The smallest absolute Gasteiger partial charge is 0.262 e. The maximum absolute atomic E-state index is 13.0. The summed E-state index contributed by atoms with van der Waals surface area (Å²) in [5, 5.41) is 10.2. The Hall–Kier alpha value is -2.64. The molecular weight excluding hydrogens is 420 g/mol. The van der Waals surface area contributed by atoms with Gasteiger partial charge in [0.15, 0.2) is 5.16 Å². The van der Waals surface area contributed by atoms with E-state index in [0.717, 1.165) is 12.0 Å². The van der Waals surface area contributed by atoms with Crippen LogP contribution in [0.5, 0.6) is 0 Å². The maximum Gasteiger partial charge on any atom is 0.262 e. The third kappa shape index (κ3) is 4.57. The monoisotopic (exact) mass is 440 g/mol. The molecular formula is C22H21ClN4O2S. The number of rotatable bonds is 7. The van der Waals surface area contributed by atoms with Gasteiger partial charge in [0.2, 0.25) is 11.8 Å². The fourth-order valence-corrected chi connectivity index (χ4v) is 3.98. The summed E-state index contributed by atoms with van der Waals surface area (Å²) in [6.07, 6.45) is 0.898. The van der Waals surface area contributed by atoms with E-state index >= 15 is 0 Å². The standard InChI is InChI=1S/C22H21ClN4O2S/c1-14(2)11-12-27-21(28)17-5-3-4-6-18(17)24-22(27)30-13-19-25-26-20(29-19)15-7-9-16(23)10-8-15/h3-10,14H,11-13H2,1-2H3. The largest absolute Gasteiger partial charge is 0.420 e. The molecule has 2 aromatic carbocycles. The summed E-state index contributed by atoms with van der Waals surface area (Å²) < 4.78 is 7.54. The molecule has 0 atom stereocenters. The predicted molar refractivity (Wildman–Crippen MR) is 120 cm³/mol. The molecule has 0 aliphatic carbocycles. The van der Waals surface area contributed by atoms with E-state index in [-0.39, 0.29) is 5.56 Å². The second-order valence-corrected chi connectivity index (χ2v) is 8.73. The Morgan fingerprint density at radius 1 is 1.10 bits per heavy atom. The van der Waals surface area contributed by atoms with Crippen molar-refractivity contribution in [3.63, 3.8) is 0 Å². The number of hydrogen-bond acceptors (Lipinski definition) is 6. The van der Waals surface area contributed by atoms with E-state index in [1.165, 1.54) is 11.8 Å². The number of aromatic nitrogens is 4. The minimum Gasteiger partial charge on any atom is -0.420 e. The Bertz CT molecular complexity index is 1220. The first-order valence-corrected chi connectivity index (χ1v) is 11.1. The van der Waals surface area contributed by atoms with Gasteiger partial charge in [0.25, 0.3) is 5.56 Å². The highest BCUT2D eigenvalue weighted by Crippen LogP contribution is 2.25. The summed E-state index contributed by atoms with van der Waals surface area (Å²) in [7, 11) is 0. The van der Waals surface area contributed by atoms with Crippen LogP contribution in [0.4, 0.5) is 0 Å². The third-order valence-corrected chi connectivity index (χ3v) is 5.85. The lowest BCUT2D eigenvalue weighted by molar-refractivity contribution is 0.480. The van der Waals surface area contributed by atoms with Crippen LogP contribution in [0.2, 0.25) is 5.02 Å². The Balaban J connectivity index is 1.59. The fourth-order valence-electron chi connectivity index (χ4n) is 2.99. The number of fused-ring (bicyclic) bond motifs is 1. The molecule has 0 amide bonds. The molecule has 4 rings (SSSR count). The average molecular weight is 441 g/mol. The molecule has 0 unspecified atom stereocenters. The van der Waals surface area contributed by atoms with Crippen LogP contribution >= 0.6 is 23.4 Å². The van der Waals surface area contributed by atoms with E-state index in [1.807, 2.05) is 36.4 Å². The summed E-state index contributed by atoms with van der Waals surface area (Å²) in [6, 6.07) is 14.7. The molecule has 0 fully saturated rings. The minimum absolute atomic E-state index is 0.0175. The highest BCUT2D eigenvalue weighted by Gasteiger charge is 2.14. The van der Waals surface area contributed by atoms with E-state index < -0.39 is 0 Å². The van der Waals surface area contributed by atoms with Crippen LogP contribution < -0.4 is 5.56 Å². The number of thioether (sulfide) groups is 1. The number of benzene rings is 2. The van der Waals surface area contributed by atoms with Gasteiger partial charge in [0.05, 0.1) is 16.7 Å². The number of hydrogen-bond donors (Lipinski definition) is 0. The van der Waals surface area contributed by atoms with Crippen LogP contribution in [0.15, 0.2) is 62.9 Å². The van der Waals surface area contributed by atoms with Crippen molar-refractivity contribution in [1.29, 1.82) is 0 Å². The molecule has 8 heteroatoms. The van der Waals surface area contributed by atoms with Crippen molar-refractivity contribution in [3.8, 4) is 11.5 Å². The molecule has 6 nitrogen and oxygen atoms in total. The van der Waals surface area contributed by atoms with Gasteiger partial charge in [-0.15, -0.1) is 10.2 Å². The molecule has 0 spiro atoms. The van der Waals surface area contributed by atoms with E-state index in [0.29, 0.717) is 51.1 Å². The van der Waals surface area contributed by atoms with Gasteiger partial charge in [0, 0.05) is 17.1 Å². The van der Waals surface area contributed by atoms with Gasteiger partial charge in [-0.1, -0.05) is 49.3 Å². The second-order valence-electron chi connectivity index (χ2n) is 7.35. The fraction of sp³-hybridized carbons (Fsp3) is 0.273. The predicted octanol–water partition coefficient (Wildman–Crippen LogP) is 5.44. The Labute approximate surface area is 183 Å². The molecule has 0 aliphatic rings. The van der Waals surface area contributed by atoms with Gasteiger partial charge in [-0.2, -0.15) is 0 Å². The molecule has 0 bridgehead atoms. The van der Waals surface area contributed by atoms with Crippen molar-refractivity contribution < 1.29 is 4.42 Å². The molecule has 0 radical (unpaired) electrons. The van der Waals surface area contributed by atoms with E-state index in [2.05, 4.69) is 24.0 Å². The molecule has 4 aromatic rings. The van der Waals surface area contributed by atoms with E-state index in [9.17, 15) is 4.79 Å².